The molecule has 0 spiro atoms. The van der Waals surface area contributed by atoms with Gasteiger partial charge in [0.2, 0.25) is 0 Å². The van der Waals surface area contributed by atoms with Gasteiger partial charge in [0, 0.05) is 12.6 Å². The second-order valence-electron chi connectivity index (χ2n) is 5.09. The van der Waals surface area contributed by atoms with Crippen molar-refractivity contribution in [3.63, 3.8) is 0 Å². The smallest absolute Gasteiger partial charge is 0.169 e. The number of rotatable bonds is 1. The minimum Gasteiger partial charge on any atom is -0.397 e. The first-order chi connectivity index (χ1) is 8.43. The second kappa shape index (κ2) is 4.84. The predicted molar refractivity (Wildman–Crippen MR) is 75.4 cm³/mol. The lowest BCUT2D eigenvalue weighted by molar-refractivity contribution is 0.361. The molecule has 2 rings (SSSR count). The zero-order valence-electron chi connectivity index (χ0n) is 10.7. The molecule has 0 bridgehead atoms. The van der Waals surface area contributed by atoms with Gasteiger partial charge in [-0.15, -0.1) is 0 Å². The molecule has 0 aromatic heterocycles. The third kappa shape index (κ3) is 2.09. The van der Waals surface area contributed by atoms with Crippen LogP contribution in [-0.4, -0.2) is 12.6 Å². The van der Waals surface area contributed by atoms with Crippen LogP contribution in [0.3, 0.4) is 0 Å². The van der Waals surface area contributed by atoms with E-state index in [-0.39, 0.29) is 16.8 Å². The number of benzene rings is 1. The molecule has 3 nitrogen and oxygen atoms in total. The Kier molecular flexibility index (Phi) is 3.57. The molecule has 0 radical (unpaired) electrons. The third-order valence-corrected chi connectivity index (χ3v) is 4.28. The fourth-order valence-corrected chi connectivity index (χ4v) is 2.74. The zero-order chi connectivity index (χ0) is 13.4. The molecule has 0 amide bonds. The minimum atomic E-state index is -0.505. The number of hydrogen-bond acceptors (Lipinski definition) is 3. The van der Waals surface area contributed by atoms with E-state index in [0.717, 1.165) is 19.4 Å². The van der Waals surface area contributed by atoms with Crippen molar-refractivity contribution in [3.05, 3.63) is 16.9 Å². The molecule has 4 N–H and O–H groups in total. The number of piperidine rings is 1. The molecule has 1 heterocycles. The van der Waals surface area contributed by atoms with Crippen LogP contribution in [0.15, 0.2) is 6.07 Å². The lowest BCUT2D eigenvalue weighted by Gasteiger charge is -2.40. The number of anilines is 3. The fraction of sp³-hybridized carbons (Fsp3) is 0.538. The van der Waals surface area contributed by atoms with Crippen molar-refractivity contribution in [2.45, 2.75) is 32.7 Å². The Balaban J connectivity index is 2.47. The molecule has 5 heteroatoms. The maximum absolute atomic E-state index is 14.3. The fourth-order valence-electron chi connectivity index (χ4n) is 2.60. The van der Waals surface area contributed by atoms with E-state index in [9.17, 15) is 4.39 Å². The molecule has 1 fully saturated rings. The van der Waals surface area contributed by atoms with Crippen molar-refractivity contribution < 1.29 is 4.39 Å². The Morgan fingerprint density at radius 1 is 1.33 bits per heavy atom. The topological polar surface area (TPSA) is 55.3 Å². The van der Waals surface area contributed by atoms with Gasteiger partial charge in [0.25, 0.3) is 0 Å². The number of hydrogen-bond donors (Lipinski definition) is 2. The van der Waals surface area contributed by atoms with Gasteiger partial charge in [-0.1, -0.05) is 18.5 Å². The maximum Gasteiger partial charge on any atom is 0.169 e. The number of halogens is 2. The normalized spacial score (nSPS) is 24.3. The van der Waals surface area contributed by atoms with Crippen molar-refractivity contribution in [2.24, 2.45) is 5.92 Å². The van der Waals surface area contributed by atoms with Gasteiger partial charge in [-0.3, -0.25) is 0 Å². The van der Waals surface area contributed by atoms with Crippen LogP contribution in [0.25, 0.3) is 0 Å². The molecule has 1 saturated heterocycles. The van der Waals surface area contributed by atoms with Gasteiger partial charge in [0.15, 0.2) is 5.82 Å². The van der Waals surface area contributed by atoms with E-state index in [2.05, 4.69) is 13.8 Å². The molecule has 18 heavy (non-hydrogen) atoms. The average Bonchev–Trinajstić information content (AvgIpc) is 2.32. The Labute approximate surface area is 112 Å². The van der Waals surface area contributed by atoms with Crippen LogP contribution in [0.4, 0.5) is 21.5 Å². The molecule has 2 atom stereocenters. The van der Waals surface area contributed by atoms with Gasteiger partial charge in [-0.2, -0.15) is 0 Å². The highest BCUT2D eigenvalue weighted by molar-refractivity contribution is 6.33. The first-order valence-corrected chi connectivity index (χ1v) is 6.60. The van der Waals surface area contributed by atoms with E-state index in [1.807, 2.05) is 4.90 Å². The van der Waals surface area contributed by atoms with Crippen molar-refractivity contribution in [2.75, 3.05) is 22.9 Å². The van der Waals surface area contributed by atoms with Crippen molar-refractivity contribution in [1.82, 2.24) is 0 Å². The van der Waals surface area contributed by atoms with E-state index >= 15 is 0 Å². The summed E-state index contributed by atoms with van der Waals surface area (Å²) < 4.78 is 14.3. The van der Waals surface area contributed by atoms with Crippen molar-refractivity contribution in [1.29, 1.82) is 0 Å². The molecule has 1 aromatic carbocycles. The third-order valence-electron chi connectivity index (χ3n) is 3.90. The summed E-state index contributed by atoms with van der Waals surface area (Å²) in [5.41, 5.74) is 12.5. The molecular weight excluding hydrogens is 253 g/mol. The lowest BCUT2D eigenvalue weighted by atomic mass is 9.91. The van der Waals surface area contributed by atoms with Gasteiger partial charge in [0.1, 0.15) is 5.02 Å². The van der Waals surface area contributed by atoms with Gasteiger partial charge in [0.05, 0.1) is 17.1 Å². The first-order valence-electron chi connectivity index (χ1n) is 6.23. The molecule has 2 unspecified atom stereocenters. The quantitative estimate of drug-likeness (QED) is 0.771. The molecule has 100 valence electrons. The standard InChI is InChI=1S/C13H19ClFN3/c1-7-4-3-5-18(8(7)2)13-10(17)6-9(16)11(14)12(13)15/h6-8H,3-5,16-17H2,1-2H3. The molecule has 0 saturated carbocycles. The van der Waals surface area contributed by atoms with Crippen LogP contribution in [-0.2, 0) is 0 Å². The van der Waals surface area contributed by atoms with E-state index < -0.39 is 5.82 Å². The monoisotopic (exact) mass is 271 g/mol. The zero-order valence-corrected chi connectivity index (χ0v) is 11.5. The van der Waals surface area contributed by atoms with Gasteiger partial charge in [-0.25, -0.2) is 4.39 Å². The minimum absolute atomic E-state index is 0.0374. The van der Waals surface area contributed by atoms with Crippen LogP contribution >= 0.6 is 11.6 Å². The maximum atomic E-state index is 14.3. The summed E-state index contributed by atoms with van der Waals surface area (Å²) in [6, 6.07) is 1.78. The highest BCUT2D eigenvalue weighted by Crippen LogP contribution is 2.39. The molecule has 0 aliphatic carbocycles. The van der Waals surface area contributed by atoms with Crippen LogP contribution in [0.1, 0.15) is 26.7 Å². The number of nitrogen functional groups attached to an aromatic ring is 2. The Morgan fingerprint density at radius 3 is 2.67 bits per heavy atom. The van der Waals surface area contributed by atoms with E-state index in [1.54, 1.807) is 0 Å². The number of nitrogens with zero attached hydrogens (tertiary/aromatic N) is 1. The van der Waals surface area contributed by atoms with Crippen LogP contribution < -0.4 is 16.4 Å². The number of nitrogens with two attached hydrogens (primary N) is 2. The van der Waals surface area contributed by atoms with Gasteiger partial charge >= 0.3 is 0 Å². The summed E-state index contributed by atoms with van der Waals surface area (Å²) in [6.45, 7) is 5.06. The van der Waals surface area contributed by atoms with Crippen LogP contribution in [0.2, 0.25) is 5.02 Å². The molecule has 1 aliphatic rings. The molecule has 1 aromatic rings. The highest BCUT2D eigenvalue weighted by atomic mass is 35.5. The summed E-state index contributed by atoms with van der Waals surface area (Å²) in [6.07, 6.45) is 2.19. The predicted octanol–water partition coefficient (Wildman–Crippen LogP) is 3.27. The molecular formula is C13H19ClFN3. The SMILES string of the molecule is CC1CCCN(c2c(N)cc(N)c(Cl)c2F)C1C. The van der Waals surface area contributed by atoms with Crippen LogP contribution in [0.5, 0.6) is 0 Å². The highest BCUT2D eigenvalue weighted by Gasteiger charge is 2.29. The molecule has 1 aliphatic heterocycles. The Morgan fingerprint density at radius 2 is 2.00 bits per heavy atom. The second-order valence-corrected chi connectivity index (χ2v) is 5.46. The first kappa shape index (κ1) is 13.3. The van der Waals surface area contributed by atoms with Crippen molar-refractivity contribution >= 4 is 28.7 Å². The van der Waals surface area contributed by atoms with Crippen molar-refractivity contribution in [3.8, 4) is 0 Å². The van der Waals surface area contributed by atoms with Crippen LogP contribution in [0, 0.1) is 11.7 Å². The largest absolute Gasteiger partial charge is 0.397 e. The Hall–Kier alpha value is -1.16. The van der Waals surface area contributed by atoms with E-state index in [1.165, 1.54) is 6.07 Å². The summed E-state index contributed by atoms with van der Waals surface area (Å²) in [7, 11) is 0. The lowest BCUT2D eigenvalue weighted by Crippen LogP contribution is -2.43. The Bertz CT molecular complexity index is 464. The average molecular weight is 272 g/mol. The van der Waals surface area contributed by atoms with Gasteiger partial charge in [-0.05, 0) is 31.7 Å². The summed E-state index contributed by atoms with van der Waals surface area (Å²) in [4.78, 5) is 2.00. The summed E-state index contributed by atoms with van der Waals surface area (Å²) in [5.74, 6) is 0.00370. The summed E-state index contributed by atoms with van der Waals surface area (Å²) in [5, 5.41) is -0.0374. The van der Waals surface area contributed by atoms with E-state index in [4.69, 9.17) is 23.1 Å². The summed E-state index contributed by atoms with van der Waals surface area (Å²) >= 11 is 5.88. The van der Waals surface area contributed by atoms with Gasteiger partial charge < -0.3 is 16.4 Å². The van der Waals surface area contributed by atoms with E-state index in [0.29, 0.717) is 17.3 Å².